The van der Waals surface area contributed by atoms with Gasteiger partial charge in [0.15, 0.2) is 0 Å². The normalized spacial score (nSPS) is 35.1. The monoisotopic (exact) mass is 289 g/mol. The fourth-order valence-electron chi connectivity index (χ4n) is 2.56. The second-order valence-electron chi connectivity index (χ2n) is 7.08. The maximum absolute atomic E-state index is 6.18. The van der Waals surface area contributed by atoms with Gasteiger partial charge in [0, 0.05) is 17.2 Å². The zero-order valence-electron chi connectivity index (χ0n) is 14.2. The second-order valence-corrected chi connectivity index (χ2v) is 7.08. The highest BCUT2D eigenvalue weighted by Crippen LogP contribution is 2.39. The maximum Gasteiger partial charge on any atom is 0.496 e. The van der Waals surface area contributed by atoms with Crippen LogP contribution in [0, 0.1) is 0 Å². The molecule has 0 aliphatic carbocycles. The maximum atomic E-state index is 6.18. The van der Waals surface area contributed by atoms with Crippen LogP contribution in [0.4, 0.5) is 0 Å². The van der Waals surface area contributed by atoms with Crippen LogP contribution in [0.5, 0.6) is 0 Å². The van der Waals surface area contributed by atoms with Crippen LogP contribution in [-0.4, -0.2) is 24.4 Å². The molecule has 0 spiro atoms. The van der Waals surface area contributed by atoms with Gasteiger partial charge in [0.25, 0.3) is 0 Å². The van der Waals surface area contributed by atoms with Crippen molar-refractivity contribution in [3.05, 3.63) is 35.5 Å². The van der Waals surface area contributed by atoms with Crippen LogP contribution in [0.25, 0.3) is 0 Å². The van der Waals surface area contributed by atoms with Crippen molar-refractivity contribution in [1.82, 2.24) is 5.32 Å². The molecule has 3 nitrogen and oxygen atoms in total. The molecule has 2 heterocycles. The number of rotatable bonds is 1. The lowest BCUT2D eigenvalue weighted by Gasteiger charge is -2.32. The van der Waals surface area contributed by atoms with E-state index in [1.165, 1.54) is 0 Å². The van der Waals surface area contributed by atoms with Crippen LogP contribution in [0.3, 0.4) is 0 Å². The van der Waals surface area contributed by atoms with E-state index >= 15 is 0 Å². The summed E-state index contributed by atoms with van der Waals surface area (Å²) in [6, 6.07) is 0.443. The third-order valence-electron chi connectivity index (χ3n) is 4.69. The lowest BCUT2D eigenvalue weighted by Crippen LogP contribution is -2.41. The smallest absolute Gasteiger partial charge is 0.399 e. The van der Waals surface area contributed by atoms with Crippen molar-refractivity contribution in [3.8, 4) is 0 Å². The SMILES string of the molecule is C\C1=C(B2OC(C)(C)C(C)(C)O2)/C=C\C=C\CCC(C)N1. The summed E-state index contributed by atoms with van der Waals surface area (Å²) in [5, 5.41) is 3.57. The molecule has 0 amide bonds. The van der Waals surface area contributed by atoms with Gasteiger partial charge in [-0.1, -0.05) is 24.3 Å². The highest BCUT2D eigenvalue weighted by molar-refractivity contribution is 6.55. The average Bonchev–Trinajstić information content (AvgIpc) is 2.56. The van der Waals surface area contributed by atoms with Crippen LogP contribution in [0.2, 0.25) is 0 Å². The standard InChI is InChI=1S/C17H28BNO2/c1-13-11-9-7-8-10-12-15(14(2)19-13)18-20-16(3,4)17(5,6)21-18/h7-8,10,12-13,19H,9,11H2,1-6H3/b8-7+,12-10-,15-14-. The van der Waals surface area contributed by atoms with Crippen molar-refractivity contribution in [3.63, 3.8) is 0 Å². The molecular formula is C17H28BNO2. The highest BCUT2D eigenvalue weighted by atomic mass is 16.7. The topological polar surface area (TPSA) is 30.5 Å². The fraction of sp³-hybridized carbons (Fsp3) is 0.647. The van der Waals surface area contributed by atoms with E-state index in [9.17, 15) is 0 Å². The zero-order valence-corrected chi connectivity index (χ0v) is 14.2. The number of hydrogen-bond acceptors (Lipinski definition) is 3. The summed E-state index contributed by atoms with van der Waals surface area (Å²) in [5.74, 6) is 0. The molecule has 1 fully saturated rings. The number of allylic oxidation sites excluding steroid dienone is 6. The summed E-state index contributed by atoms with van der Waals surface area (Å²) in [5.41, 5.74) is 1.59. The van der Waals surface area contributed by atoms with Gasteiger partial charge in [0.2, 0.25) is 0 Å². The van der Waals surface area contributed by atoms with Gasteiger partial charge >= 0.3 is 7.12 Å². The van der Waals surface area contributed by atoms with E-state index < -0.39 is 0 Å². The average molecular weight is 289 g/mol. The molecule has 0 radical (unpaired) electrons. The number of hydrogen-bond donors (Lipinski definition) is 1. The molecule has 1 N–H and O–H groups in total. The molecule has 1 atom stereocenters. The first-order valence-electron chi connectivity index (χ1n) is 7.89. The molecular weight excluding hydrogens is 261 g/mol. The minimum Gasteiger partial charge on any atom is -0.399 e. The van der Waals surface area contributed by atoms with Gasteiger partial charge in [-0.25, -0.2) is 0 Å². The summed E-state index contributed by atoms with van der Waals surface area (Å²) in [6.07, 6.45) is 10.7. The van der Waals surface area contributed by atoms with E-state index in [0.29, 0.717) is 6.04 Å². The predicted molar refractivity (Wildman–Crippen MR) is 88.9 cm³/mol. The Hall–Kier alpha value is -0.995. The summed E-state index contributed by atoms with van der Waals surface area (Å²) in [7, 11) is -0.321. The first-order valence-corrected chi connectivity index (χ1v) is 7.89. The van der Waals surface area contributed by atoms with E-state index in [-0.39, 0.29) is 18.3 Å². The largest absolute Gasteiger partial charge is 0.496 e. The van der Waals surface area contributed by atoms with Crippen molar-refractivity contribution >= 4 is 7.12 Å². The molecule has 0 aromatic rings. The number of nitrogens with one attached hydrogen (secondary N) is 1. The van der Waals surface area contributed by atoms with Gasteiger partial charge in [-0.05, 0) is 54.4 Å². The highest BCUT2D eigenvalue weighted by Gasteiger charge is 2.52. The minimum absolute atomic E-state index is 0.310. The van der Waals surface area contributed by atoms with Crippen LogP contribution < -0.4 is 5.32 Å². The lowest BCUT2D eigenvalue weighted by molar-refractivity contribution is 0.00578. The second kappa shape index (κ2) is 6.01. The van der Waals surface area contributed by atoms with Gasteiger partial charge in [0.1, 0.15) is 0 Å². The molecule has 1 unspecified atom stereocenters. The molecule has 0 aromatic heterocycles. The molecule has 0 bridgehead atoms. The summed E-state index contributed by atoms with van der Waals surface area (Å²) >= 11 is 0. The first-order chi connectivity index (χ1) is 9.73. The Bertz CT molecular complexity index is 461. The first kappa shape index (κ1) is 16.4. The molecule has 2 aliphatic rings. The van der Waals surface area contributed by atoms with E-state index in [2.05, 4.69) is 71.2 Å². The van der Waals surface area contributed by atoms with Crippen molar-refractivity contribution in [2.24, 2.45) is 0 Å². The van der Waals surface area contributed by atoms with Crippen molar-refractivity contribution < 1.29 is 9.31 Å². The van der Waals surface area contributed by atoms with Crippen molar-refractivity contribution in [2.75, 3.05) is 0 Å². The van der Waals surface area contributed by atoms with Gasteiger partial charge in [-0.3, -0.25) is 0 Å². The Balaban J connectivity index is 2.30. The zero-order chi connectivity index (χ0) is 15.7. The fourth-order valence-corrected chi connectivity index (χ4v) is 2.56. The van der Waals surface area contributed by atoms with E-state index in [1.54, 1.807) is 0 Å². The Labute approximate surface area is 129 Å². The lowest BCUT2D eigenvalue weighted by atomic mass is 9.76. The Kier molecular flexibility index (Phi) is 4.69. The third kappa shape index (κ3) is 3.61. The molecule has 2 aliphatic heterocycles. The summed E-state index contributed by atoms with van der Waals surface area (Å²) in [6.45, 7) is 12.7. The van der Waals surface area contributed by atoms with E-state index in [1.807, 2.05) is 0 Å². The minimum atomic E-state index is -0.321. The molecule has 116 valence electrons. The van der Waals surface area contributed by atoms with Gasteiger partial charge in [0.05, 0.1) is 11.2 Å². The van der Waals surface area contributed by atoms with Crippen LogP contribution in [-0.2, 0) is 9.31 Å². The molecule has 0 aromatic carbocycles. The molecule has 4 heteroatoms. The Morgan fingerprint density at radius 3 is 2.38 bits per heavy atom. The van der Waals surface area contributed by atoms with Crippen LogP contribution in [0.15, 0.2) is 35.5 Å². The summed E-state index contributed by atoms with van der Waals surface area (Å²) in [4.78, 5) is 0. The van der Waals surface area contributed by atoms with Crippen LogP contribution >= 0.6 is 0 Å². The Morgan fingerprint density at radius 2 is 1.76 bits per heavy atom. The van der Waals surface area contributed by atoms with E-state index in [0.717, 1.165) is 24.0 Å². The van der Waals surface area contributed by atoms with Crippen molar-refractivity contribution in [1.29, 1.82) is 0 Å². The van der Waals surface area contributed by atoms with Crippen molar-refractivity contribution in [2.45, 2.75) is 71.6 Å². The van der Waals surface area contributed by atoms with Gasteiger partial charge in [-0.2, -0.15) is 0 Å². The van der Waals surface area contributed by atoms with Gasteiger partial charge < -0.3 is 14.6 Å². The van der Waals surface area contributed by atoms with E-state index in [4.69, 9.17) is 9.31 Å². The quantitative estimate of drug-likeness (QED) is 0.745. The van der Waals surface area contributed by atoms with Gasteiger partial charge in [-0.15, -0.1) is 0 Å². The molecule has 21 heavy (non-hydrogen) atoms. The van der Waals surface area contributed by atoms with Crippen LogP contribution in [0.1, 0.15) is 54.4 Å². The molecule has 2 rings (SSSR count). The summed E-state index contributed by atoms with van der Waals surface area (Å²) < 4.78 is 12.4. The molecule has 1 saturated heterocycles. The third-order valence-corrected chi connectivity index (χ3v) is 4.69. The predicted octanol–water partition coefficient (Wildman–Crippen LogP) is 3.78. The molecule has 0 saturated carbocycles. The Morgan fingerprint density at radius 1 is 1.14 bits per heavy atom.